The Kier molecular flexibility index (Phi) is 6.62. The van der Waals surface area contributed by atoms with E-state index in [4.69, 9.17) is 0 Å². The maximum Gasteiger partial charge on any atom is 0.0558 e. The second-order valence-corrected chi connectivity index (χ2v) is 8.30. The van der Waals surface area contributed by atoms with Crippen LogP contribution in [-0.4, -0.2) is 23.8 Å². The molecule has 1 atom stereocenters. The van der Waals surface area contributed by atoms with Crippen molar-refractivity contribution in [3.8, 4) is 0 Å². The molecule has 1 unspecified atom stereocenters. The highest BCUT2D eigenvalue weighted by molar-refractivity contribution is 5.85. The number of aliphatic hydroxyl groups excluding tert-OH is 1. The fourth-order valence-corrected chi connectivity index (χ4v) is 6.17. The lowest BCUT2D eigenvalue weighted by Gasteiger charge is -2.62. The molecule has 4 saturated carbocycles. The van der Waals surface area contributed by atoms with Crippen LogP contribution in [0.4, 0.5) is 0 Å². The lowest BCUT2D eigenvalue weighted by Crippen LogP contribution is -2.65. The molecule has 4 aliphatic carbocycles. The number of unbranched alkanes of at least 4 members (excludes halogenated alkanes) is 3. The molecule has 0 amide bonds. The van der Waals surface area contributed by atoms with Crippen LogP contribution >= 0.6 is 12.4 Å². The first-order valence-electron chi connectivity index (χ1n) is 9.55. The van der Waals surface area contributed by atoms with Gasteiger partial charge >= 0.3 is 0 Å². The number of rotatable bonds is 8. The van der Waals surface area contributed by atoms with Crippen molar-refractivity contribution < 1.29 is 5.11 Å². The Morgan fingerprint density at radius 3 is 2.09 bits per heavy atom. The van der Waals surface area contributed by atoms with E-state index >= 15 is 0 Å². The molecule has 2 nitrogen and oxygen atoms in total. The summed E-state index contributed by atoms with van der Waals surface area (Å²) in [4.78, 5) is 0. The lowest BCUT2D eigenvalue weighted by molar-refractivity contribution is -0.0894. The molecule has 3 heteroatoms. The minimum atomic E-state index is -0.0909. The Balaban J connectivity index is 0.00000176. The molecule has 130 valence electrons. The third-order valence-corrected chi connectivity index (χ3v) is 7.02. The van der Waals surface area contributed by atoms with Gasteiger partial charge in [0.15, 0.2) is 0 Å². The zero-order chi connectivity index (χ0) is 14.9. The summed E-state index contributed by atoms with van der Waals surface area (Å²) in [6.07, 6.45) is 14.2. The van der Waals surface area contributed by atoms with Gasteiger partial charge in [-0.1, -0.05) is 32.6 Å². The minimum absolute atomic E-state index is 0. The van der Waals surface area contributed by atoms with Crippen LogP contribution in [0.25, 0.3) is 0 Å². The third kappa shape index (κ3) is 3.49. The molecule has 0 aromatic heterocycles. The quantitative estimate of drug-likeness (QED) is 0.640. The predicted molar refractivity (Wildman–Crippen MR) is 95.5 cm³/mol. The number of nitrogens with one attached hydrogen (secondary N) is 1. The van der Waals surface area contributed by atoms with Gasteiger partial charge in [-0.15, -0.1) is 12.4 Å². The Morgan fingerprint density at radius 2 is 1.59 bits per heavy atom. The molecule has 0 aliphatic heterocycles. The second-order valence-electron chi connectivity index (χ2n) is 8.30. The van der Waals surface area contributed by atoms with Crippen LogP contribution in [0.1, 0.15) is 77.6 Å². The molecule has 0 aromatic carbocycles. The summed E-state index contributed by atoms with van der Waals surface area (Å²) < 4.78 is 0. The Hall–Kier alpha value is 0.210. The maximum atomic E-state index is 10.6. The second kappa shape index (κ2) is 7.85. The van der Waals surface area contributed by atoms with Crippen molar-refractivity contribution in [3.05, 3.63) is 0 Å². The standard InChI is InChI=1S/C19H35NO.ClH/c1-3-4-5-6-7-18(21)13-19(20-2)16-9-14-8-15(11-16)12-17(19)10-14;/h14-18,20-21H,3-13H2,1-2H3;1H. The molecule has 0 saturated heterocycles. The molecular formula is C19H36ClNO. The molecule has 0 spiro atoms. The van der Waals surface area contributed by atoms with Crippen LogP contribution < -0.4 is 5.32 Å². The summed E-state index contributed by atoms with van der Waals surface area (Å²) in [7, 11) is 2.16. The highest BCUT2D eigenvalue weighted by Gasteiger charge is 2.56. The molecule has 4 bridgehead atoms. The molecule has 2 N–H and O–H groups in total. The molecule has 0 radical (unpaired) electrons. The smallest absolute Gasteiger partial charge is 0.0558 e. The molecule has 4 rings (SSSR count). The largest absolute Gasteiger partial charge is 0.393 e. The number of halogens is 1. The van der Waals surface area contributed by atoms with Gasteiger partial charge in [0.25, 0.3) is 0 Å². The van der Waals surface area contributed by atoms with Gasteiger partial charge in [0, 0.05) is 5.54 Å². The Bertz CT molecular complexity index is 318. The molecule has 0 heterocycles. The van der Waals surface area contributed by atoms with Crippen LogP contribution in [0.3, 0.4) is 0 Å². The highest BCUT2D eigenvalue weighted by atomic mass is 35.5. The van der Waals surface area contributed by atoms with Crippen LogP contribution in [0.15, 0.2) is 0 Å². The van der Waals surface area contributed by atoms with Crippen molar-refractivity contribution >= 4 is 12.4 Å². The first-order chi connectivity index (χ1) is 10.2. The van der Waals surface area contributed by atoms with E-state index in [0.717, 1.165) is 36.5 Å². The van der Waals surface area contributed by atoms with E-state index in [0.29, 0.717) is 0 Å². The van der Waals surface area contributed by atoms with Crippen LogP contribution in [-0.2, 0) is 0 Å². The number of hydrogen-bond acceptors (Lipinski definition) is 2. The van der Waals surface area contributed by atoms with E-state index in [1.165, 1.54) is 57.8 Å². The van der Waals surface area contributed by atoms with Gasteiger partial charge in [-0.25, -0.2) is 0 Å². The van der Waals surface area contributed by atoms with Gasteiger partial charge in [0.1, 0.15) is 0 Å². The molecule has 0 aromatic rings. The van der Waals surface area contributed by atoms with Gasteiger partial charge in [-0.3, -0.25) is 0 Å². The fourth-order valence-electron chi connectivity index (χ4n) is 6.17. The van der Waals surface area contributed by atoms with Crippen molar-refractivity contribution in [3.63, 3.8) is 0 Å². The SMILES string of the molecule is CCCCCCC(O)CC1(NC)C2CC3CC(C2)CC1C3.Cl. The van der Waals surface area contributed by atoms with Gasteiger partial charge in [-0.05, 0) is 75.7 Å². The average molecular weight is 330 g/mol. The van der Waals surface area contributed by atoms with E-state index in [2.05, 4.69) is 19.3 Å². The van der Waals surface area contributed by atoms with Gasteiger partial charge in [-0.2, -0.15) is 0 Å². The van der Waals surface area contributed by atoms with Crippen molar-refractivity contribution in [1.82, 2.24) is 5.32 Å². The van der Waals surface area contributed by atoms with E-state index in [9.17, 15) is 5.11 Å². The minimum Gasteiger partial charge on any atom is -0.393 e. The van der Waals surface area contributed by atoms with Crippen LogP contribution in [0.2, 0.25) is 0 Å². The molecule has 22 heavy (non-hydrogen) atoms. The normalized spacial score (nSPS) is 40.5. The molecular weight excluding hydrogens is 294 g/mol. The topological polar surface area (TPSA) is 32.3 Å². The third-order valence-electron chi connectivity index (χ3n) is 7.02. The summed E-state index contributed by atoms with van der Waals surface area (Å²) in [5, 5.41) is 14.3. The molecule has 4 fully saturated rings. The van der Waals surface area contributed by atoms with E-state index in [1.807, 2.05) is 0 Å². The fraction of sp³-hybridized carbons (Fsp3) is 1.00. The number of aliphatic hydroxyl groups is 1. The summed E-state index contributed by atoms with van der Waals surface area (Å²) in [6, 6.07) is 0. The predicted octanol–water partition coefficient (Wildman–Crippen LogP) is 4.54. The van der Waals surface area contributed by atoms with E-state index in [-0.39, 0.29) is 24.0 Å². The number of hydrogen-bond donors (Lipinski definition) is 2. The average Bonchev–Trinajstić information content (AvgIpc) is 2.47. The molecule has 4 aliphatic rings. The van der Waals surface area contributed by atoms with Crippen molar-refractivity contribution in [2.24, 2.45) is 23.7 Å². The first-order valence-corrected chi connectivity index (χ1v) is 9.55. The van der Waals surface area contributed by atoms with Gasteiger partial charge in [0.05, 0.1) is 6.10 Å². The van der Waals surface area contributed by atoms with E-state index < -0.39 is 0 Å². The monoisotopic (exact) mass is 329 g/mol. The van der Waals surface area contributed by atoms with Crippen LogP contribution in [0.5, 0.6) is 0 Å². The van der Waals surface area contributed by atoms with Gasteiger partial charge < -0.3 is 10.4 Å². The Morgan fingerprint density at radius 1 is 1.00 bits per heavy atom. The zero-order valence-corrected chi connectivity index (χ0v) is 15.3. The Labute approximate surface area is 143 Å². The first kappa shape index (κ1) is 18.5. The van der Waals surface area contributed by atoms with Crippen molar-refractivity contribution in [1.29, 1.82) is 0 Å². The highest BCUT2D eigenvalue weighted by Crippen LogP contribution is 2.59. The zero-order valence-electron chi connectivity index (χ0n) is 14.5. The lowest BCUT2D eigenvalue weighted by atomic mass is 9.47. The summed E-state index contributed by atoms with van der Waals surface area (Å²) in [5.74, 6) is 3.69. The van der Waals surface area contributed by atoms with E-state index in [1.54, 1.807) is 0 Å². The van der Waals surface area contributed by atoms with Crippen molar-refractivity contribution in [2.45, 2.75) is 89.2 Å². The summed E-state index contributed by atoms with van der Waals surface area (Å²) in [6.45, 7) is 2.25. The van der Waals surface area contributed by atoms with Crippen LogP contribution in [0, 0.1) is 23.7 Å². The van der Waals surface area contributed by atoms with Gasteiger partial charge in [0.2, 0.25) is 0 Å². The maximum absolute atomic E-state index is 10.6. The summed E-state index contributed by atoms with van der Waals surface area (Å²) >= 11 is 0. The van der Waals surface area contributed by atoms with Crippen molar-refractivity contribution in [2.75, 3.05) is 7.05 Å². The summed E-state index contributed by atoms with van der Waals surface area (Å²) in [5.41, 5.74) is 0.262.